The highest BCUT2D eigenvalue weighted by Crippen LogP contribution is 2.41. The van der Waals surface area contributed by atoms with E-state index in [-0.39, 0.29) is 0 Å². The molecule has 2 atom stereocenters. The number of ether oxygens (including phenoxy) is 1. The van der Waals surface area contributed by atoms with E-state index in [9.17, 15) is 0 Å². The van der Waals surface area contributed by atoms with Crippen LogP contribution >= 0.6 is 23.2 Å². The number of hydrogen-bond acceptors (Lipinski definition) is 2. The Morgan fingerprint density at radius 1 is 1.17 bits per heavy atom. The summed E-state index contributed by atoms with van der Waals surface area (Å²) in [5.41, 5.74) is 0. The monoisotopic (exact) mass is 285 g/mol. The van der Waals surface area contributed by atoms with Gasteiger partial charge in [-0.25, -0.2) is 0 Å². The van der Waals surface area contributed by atoms with Gasteiger partial charge in [-0.3, -0.25) is 0 Å². The first-order valence-corrected chi connectivity index (χ1v) is 7.32. The Hall–Kier alpha value is -0.440. The van der Waals surface area contributed by atoms with E-state index >= 15 is 0 Å². The first-order chi connectivity index (χ1) is 8.74. The highest BCUT2D eigenvalue weighted by Gasteiger charge is 2.39. The molecule has 1 aromatic carbocycles. The summed E-state index contributed by atoms with van der Waals surface area (Å²) in [6.45, 7) is 2.16. The third-order valence-electron chi connectivity index (χ3n) is 3.81. The molecule has 3 rings (SSSR count). The van der Waals surface area contributed by atoms with E-state index in [0.29, 0.717) is 28.0 Å². The van der Waals surface area contributed by atoms with Gasteiger partial charge >= 0.3 is 0 Å². The standard InChI is InChI=1S/C14H17Cl2NO/c15-11-3-4-13(12(16)7-11)18-14(9-1-2-9)10-5-6-17-8-10/h3-4,7,9-10,14,17H,1-2,5-6,8H2/t10-,14-/m1/s1. The largest absolute Gasteiger partial charge is 0.488 e. The van der Waals surface area contributed by atoms with E-state index in [4.69, 9.17) is 27.9 Å². The number of nitrogens with one attached hydrogen (secondary N) is 1. The maximum atomic E-state index is 6.18. The molecule has 0 spiro atoms. The van der Waals surface area contributed by atoms with Crippen LogP contribution in [0.1, 0.15) is 19.3 Å². The maximum Gasteiger partial charge on any atom is 0.138 e. The first-order valence-electron chi connectivity index (χ1n) is 6.56. The molecule has 0 bridgehead atoms. The van der Waals surface area contributed by atoms with Crippen LogP contribution in [0.3, 0.4) is 0 Å². The Bertz CT molecular complexity index is 428. The van der Waals surface area contributed by atoms with E-state index in [1.807, 2.05) is 12.1 Å². The minimum Gasteiger partial charge on any atom is -0.488 e. The summed E-state index contributed by atoms with van der Waals surface area (Å²) in [5.74, 6) is 2.09. The van der Waals surface area contributed by atoms with E-state index < -0.39 is 0 Å². The Balaban J connectivity index is 1.75. The second-order valence-electron chi connectivity index (χ2n) is 5.25. The molecule has 0 aromatic heterocycles. The van der Waals surface area contributed by atoms with Crippen molar-refractivity contribution < 1.29 is 4.74 Å². The molecule has 0 radical (unpaired) electrons. The molecule has 1 aliphatic heterocycles. The van der Waals surface area contributed by atoms with Crippen LogP contribution in [0.15, 0.2) is 18.2 Å². The molecule has 1 aliphatic carbocycles. The Labute approximate surface area is 118 Å². The zero-order valence-electron chi connectivity index (χ0n) is 10.2. The van der Waals surface area contributed by atoms with Gasteiger partial charge in [0.25, 0.3) is 0 Å². The van der Waals surface area contributed by atoms with Crippen LogP contribution in [0, 0.1) is 11.8 Å². The third kappa shape index (κ3) is 2.76. The molecular formula is C14H17Cl2NO. The van der Waals surface area contributed by atoms with Crippen LogP contribution < -0.4 is 10.1 Å². The fourth-order valence-corrected chi connectivity index (χ4v) is 3.13. The lowest BCUT2D eigenvalue weighted by Crippen LogP contribution is -2.30. The summed E-state index contributed by atoms with van der Waals surface area (Å²) in [7, 11) is 0. The molecule has 2 nitrogen and oxygen atoms in total. The van der Waals surface area contributed by atoms with Crippen molar-refractivity contribution in [3.8, 4) is 5.75 Å². The van der Waals surface area contributed by atoms with Crippen LogP contribution in [-0.4, -0.2) is 19.2 Å². The molecule has 2 fully saturated rings. The molecular weight excluding hydrogens is 269 g/mol. The van der Waals surface area contributed by atoms with Crippen LogP contribution in [-0.2, 0) is 0 Å². The zero-order chi connectivity index (χ0) is 12.5. The van der Waals surface area contributed by atoms with Crippen LogP contribution in [0.4, 0.5) is 0 Å². The molecule has 2 aliphatic rings. The van der Waals surface area contributed by atoms with Crippen molar-refractivity contribution in [1.82, 2.24) is 5.32 Å². The maximum absolute atomic E-state index is 6.18. The van der Waals surface area contributed by atoms with Crippen molar-refractivity contribution in [2.45, 2.75) is 25.4 Å². The Morgan fingerprint density at radius 3 is 2.61 bits per heavy atom. The van der Waals surface area contributed by atoms with Gasteiger partial charge in [-0.1, -0.05) is 23.2 Å². The van der Waals surface area contributed by atoms with E-state index in [1.54, 1.807) is 6.07 Å². The van der Waals surface area contributed by atoms with Crippen molar-refractivity contribution in [2.75, 3.05) is 13.1 Å². The molecule has 0 unspecified atom stereocenters. The van der Waals surface area contributed by atoms with Gasteiger partial charge in [-0.15, -0.1) is 0 Å². The molecule has 1 saturated carbocycles. The zero-order valence-corrected chi connectivity index (χ0v) is 11.7. The number of halogens is 2. The van der Waals surface area contributed by atoms with Crippen molar-refractivity contribution in [2.24, 2.45) is 11.8 Å². The molecule has 18 heavy (non-hydrogen) atoms. The summed E-state index contributed by atoms with van der Waals surface area (Å²) in [4.78, 5) is 0. The summed E-state index contributed by atoms with van der Waals surface area (Å²) < 4.78 is 6.18. The lowest BCUT2D eigenvalue weighted by atomic mass is 9.97. The quantitative estimate of drug-likeness (QED) is 0.910. The second kappa shape index (κ2) is 5.28. The van der Waals surface area contributed by atoms with Gasteiger partial charge in [0, 0.05) is 17.5 Å². The smallest absolute Gasteiger partial charge is 0.138 e. The molecule has 1 aromatic rings. The molecule has 1 N–H and O–H groups in total. The molecule has 1 saturated heterocycles. The summed E-state index contributed by atoms with van der Waals surface area (Å²) >= 11 is 12.1. The van der Waals surface area contributed by atoms with Crippen LogP contribution in [0.2, 0.25) is 10.0 Å². The average molecular weight is 286 g/mol. The first kappa shape index (κ1) is 12.6. The van der Waals surface area contributed by atoms with Gasteiger partial charge in [0.15, 0.2) is 0 Å². The van der Waals surface area contributed by atoms with Gasteiger partial charge in [-0.2, -0.15) is 0 Å². The summed E-state index contributed by atoms with van der Waals surface area (Å²) in [6, 6.07) is 5.46. The van der Waals surface area contributed by atoms with Gasteiger partial charge in [0.1, 0.15) is 11.9 Å². The normalized spacial score (nSPS) is 25.1. The molecule has 98 valence electrons. The van der Waals surface area contributed by atoms with Crippen molar-refractivity contribution >= 4 is 23.2 Å². The lowest BCUT2D eigenvalue weighted by Gasteiger charge is -2.24. The topological polar surface area (TPSA) is 21.3 Å². The molecule has 4 heteroatoms. The van der Waals surface area contributed by atoms with Crippen LogP contribution in [0.5, 0.6) is 5.75 Å². The summed E-state index contributed by atoms with van der Waals surface area (Å²) in [5, 5.41) is 4.67. The average Bonchev–Trinajstić information content (AvgIpc) is 3.03. The Morgan fingerprint density at radius 2 is 2.00 bits per heavy atom. The van der Waals surface area contributed by atoms with E-state index in [1.165, 1.54) is 19.3 Å². The van der Waals surface area contributed by atoms with Gasteiger partial charge in [-0.05, 0) is 49.9 Å². The highest BCUT2D eigenvalue weighted by molar-refractivity contribution is 6.35. The predicted octanol–water partition coefficient (Wildman–Crippen LogP) is 3.76. The fourth-order valence-electron chi connectivity index (χ4n) is 2.68. The van der Waals surface area contributed by atoms with E-state index in [0.717, 1.165) is 18.8 Å². The Kier molecular flexibility index (Phi) is 3.69. The number of hydrogen-bond donors (Lipinski definition) is 1. The molecule has 1 heterocycles. The minimum absolute atomic E-state index is 0.304. The second-order valence-corrected chi connectivity index (χ2v) is 6.09. The van der Waals surface area contributed by atoms with Gasteiger partial charge in [0.05, 0.1) is 5.02 Å². The lowest BCUT2D eigenvalue weighted by molar-refractivity contribution is 0.121. The SMILES string of the molecule is Clc1ccc(O[C@H](C2CC2)[C@@H]2CCNC2)c(Cl)c1. The van der Waals surface area contributed by atoms with Crippen molar-refractivity contribution in [3.05, 3.63) is 28.2 Å². The fraction of sp³-hybridized carbons (Fsp3) is 0.571. The van der Waals surface area contributed by atoms with Crippen LogP contribution in [0.25, 0.3) is 0 Å². The van der Waals surface area contributed by atoms with Crippen molar-refractivity contribution in [3.63, 3.8) is 0 Å². The van der Waals surface area contributed by atoms with Gasteiger partial charge in [0.2, 0.25) is 0 Å². The number of benzene rings is 1. The molecule has 0 amide bonds. The van der Waals surface area contributed by atoms with Crippen molar-refractivity contribution in [1.29, 1.82) is 0 Å². The third-order valence-corrected chi connectivity index (χ3v) is 4.34. The highest BCUT2D eigenvalue weighted by atomic mass is 35.5. The van der Waals surface area contributed by atoms with Gasteiger partial charge < -0.3 is 10.1 Å². The van der Waals surface area contributed by atoms with E-state index in [2.05, 4.69) is 5.32 Å². The number of rotatable bonds is 4. The predicted molar refractivity (Wildman–Crippen MR) is 74.6 cm³/mol. The minimum atomic E-state index is 0.304. The summed E-state index contributed by atoms with van der Waals surface area (Å²) in [6.07, 6.45) is 4.07.